The first-order valence-electron chi connectivity index (χ1n) is 11.7. The van der Waals surface area contributed by atoms with Gasteiger partial charge in [0.05, 0.1) is 50.6 Å². The summed E-state index contributed by atoms with van der Waals surface area (Å²) in [6.45, 7) is 0. The Morgan fingerprint density at radius 2 is 1.73 bits per heavy atom. The summed E-state index contributed by atoms with van der Waals surface area (Å²) in [5, 5.41) is 16.9. The van der Waals surface area contributed by atoms with E-state index < -0.39 is 33.8 Å². The fourth-order valence-electron chi connectivity index (χ4n) is 4.60. The Morgan fingerprint density at radius 3 is 2.35 bits per heavy atom. The van der Waals surface area contributed by atoms with Crippen LogP contribution in [-0.2, 0) is 23.5 Å². The Bertz CT molecular complexity index is 1890. The number of aromatic nitrogens is 4. The van der Waals surface area contributed by atoms with E-state index in [1.165, 1.54) is 10.7 Å². The van der Waals surface area contributed by atoms with Crippen LogP contribution in [0.4, 0.5) is 19.4 Å². The summed E-state index contributed by atoms with van der Waals surface area (Å²) in [5.74, 6) is -1.62. The molecule has 0 aliphatic rings. The lowest BCUT2D eigenvalue weighted by Gasteiger charge is -2.21. The molecule has 0 fully saturated rings. The van der Waals surface area contributed by atoms with Crippen molar-refractivity contribution in [3.8, 4) is 11.3 Å². The predicted octanol–water partition coefficient (Wildman–Crippen LogP) is 5.04. The average molecular weight is 587 g/mol. The minimum absolute atomic E-state index is 0.00223. The molecule has 1 atom stereocenters. The fourth-order valence-corrected chi connectivity index (χ4v) is 5.34. The molecule has 0 aliphatic heterocycles. The molecule has 0 radical (unpaired) electrons. The molecule has 10 nitrogen and oxygen atoms in total. The summed E-state index contributed by atoms with van der Waals surface area (Å²) in [7, 11) is -2.11. The van der Waals surface area contributed by atoms with Crippen LogP contribution in [0.15, 0.2) is 54.6 Å². The van der Waals surface area contributed by atoms with Gasteiger partial charge in [-0.15, -0.1) is 0 Å². The molecule has 0 aliphatic carbocycles. The number of rotatable bonds is 7. The second-order valence-electron chi connectivity index (χ2n) is 9.10. The third-order valence-corrected chi connectivity index (χ3v) is 6.94. The van der Waals surface area contributed by atoms with Crippen molar-refractivity contribution in [2.45, 2.75) is 12.5 Å². The maximum atomic E-state index is 14.0. The zero-order chi connectivity index (χ0) is 28.8. The Hall–Kier alpha value is -4.36. The van der Waals surface area contributed by atoms with E-state index in [-0.39, 0.29) is 34.2 Å². The van der Waals surface area contributed by atoms with Gasteiger partial charge in [-0.1, -0.05) is 23.7 Å². The number of carbonyl (C=O) groups is 1. The van der Waals surface area contributed by atoms with Crippen molar-refractivity contribution in [3.63, 3.8) is 0 Å². The van der Waals surface area contributed by atoms with E-state index in [4.69, 9.17) is 21.6 Å². The Labute approximate surface area is 231 Å². The second kappa shape index (κ2) is 10.3. The summed E-state index contributed by atoms with van der Waals surface area (Å²) in [6, 6.07) is 12.0. The van der Waals surface area contributed by atoms with E-state index in [9.17, 15) is 27.1 Å². The van der Waals surface area contributed by atoms with Gasteiger partial charge < -0.3 is 10.4 Å². The van der Waals surface area contributed by atoms with Crippen LogP contribution >= 0.6 is 11.6 Å². The predicted molar refractivity (Wildman–Crippen MR) is 147 cm³/mol. The van der Waals surface area contributed by atoms with Crippen molar-refractivity contribution >= 4 is 55.5 Å². The van der Waals surface area contributed by atoms with E-state index in [0.29, 0.717) is 27.5 Å². The number of carboxylic acid groups (broad SMARTS) is 1. The van der Waals surface area contributed by atoms with Crippen molar-refractivity contribution in [2.75, 3.05) is 11.0 Å². The zero-order valence-electron chi connectivity index (χ0n) is 21.0. The largest absolute Gasteiger partial charge is 0.465 e. The highest BCUT2D eigenvalue weighted by Gasteiger charge is 2.27. The average Bonchev–Trinajstić information content (AvgIpc) is 3.17. The number of nitrogens with one attached hydrogen (secondary N) is 2. The molecule has 206 valence electrons. The van der Waals surface area contributed by atoms with Crippen LogP contribution in [0, 0.1) is 11.6 Å². The summed E-state index contributed by atoms with van der Waals surface area (Å²) in [5.41, 5.74) is 2.38. The number of benzene rings is 3. The molecule has 0 unspecified atom stereocenters. The van der Waals surface area contributed by atoms with Crippen LogP contribution in [0.3, 0.4) is 0 Å². The normalized spacial score (nSPS) is 12.5. The number of nitrogens with zero attached hydrogens (tertiary/aromatic N) is 4. The van der Waals surface area contributed by atoms with Gasteiger partial charge in [0, 0.05) is 18.7 Å². The number of halogens is 3. The lowest BCUT2D eigenvalue weighted by atomic mass is 9.97. The maximum absolute atomic E-state index is 14.0. The summed E-state index contributed by atoms with van der Waals surface area (Å²) in [4.78, 5) is 21.4. The van der Waals surface area contributed by atoms with Crippen LogP contribution < -0.4 is 10.0 Å². The van der Waals surface area contributed by atoms with E-state index in [1.54, 1.807) is 37.4 Å². The van der Waals surface area contributed by atoms with Gasteiger partial charge in [0.1, 0.15) is 11.6 Å². The molecule has 2 heterocycles. The molecule has 5 rings (SSSR count). The topological polar surface area (TPSA) is 139 Å². The van der Waals surface area contributed by atoms with E-state index in [0.717, 1.165) is 24.5 Å². The minimum atomic E-state index is -3.70. The number of para-hydroxylation sites is 2. The molecule has 3 N–H and O–H groups in total. The first-order valence-corrected chi connectivity index (χ1v) is 14.0. The van der Waals surface area contributed by atoms with Gasteiger partial charge in [0.25, 0.3) is 0 Å². The van der Waals surface area contributed by atoms with Crippen LogP contribution in [0.25, 0.3) is 33.2 Å². The number of hydrogen-bond donors (Lipinski definition) is 3. The molecule has 2 aromatic heterocycles. The van der Waals surface area contributed by atoms with Gasteiger partial charge >= 0.3 is 6.09 Å². The Kier molecular flexibility index (Phi) is 7.02. The molecule has 0 saturated heterocycles. The molecule has 3 aromatic carbocycles. The number of fused-ring (bicyclic) bond motifs is 2. The zero-order valence-corrected chi connectivity index (χ0v) is 22.6. The fraction of sp³-hybridized carbons (Fsp3) is 0.154. The SMILES string of the molecule is Cn1nc(NS(C)(=O)=O)c2c(Cl)ccc(-c3nc4ccccc4nc3[C@H](Cc3cc(F)cc(F)c3)NC(=O)O)c21. The lowest BCUT2D eigenvalue weighted by molar-refractivity contribution is 0.189. The second-order valence-corrected chi connectivity index (χ2v) is 11.3. The smallest absolute Gasteiger partial charge is 0.405 e. The number of hydrogen-bond acceptors (Lipinski definition) is 6. The number of sulfonamides is 1. The summed E-state index contributed by atoms with van der Waals surface area (Å²) < 4.78 is 55.8. The van der Waals surface area contributed by atoms with E-state index in [1.807, 2.05) is 0 Å². The summed E-state index contributed by atoms with van der Waals surface area (Å²) in [6.07, 6.45) is -0.552. The molecule has 5 aromatic rings. The molecule has 40 heavy (non-hydrogen) atoms. The molecule has 0 spiro atoms. The first-order chi connectivity index (χ1) is 18.9. The van der Waals surface area contributed by atoms with Gasteiger partial charge in [-0.25, -0.2) is 32.0 Å². The van der Waals surface area contributed by atoms with Gasteiger partial charge in [-0.2, -0.15) is 5.10 Å². The number of amides is 1. The highest BCUT2D eigenvalue weighted by atomic mass is 35.5. The molecule has 0 saturated carbocycles. The van der Waals surface area contributed by atoms with Crippen molar-refractivity contribution in [3.05, 3.63) is 82.5 Å². The highest BCUT2D eigenvalue weighted by molar-refractivity contribution is 7.92. The Morgan fingerprint density at radius 1 is 1.07 bits per heavy atom. The van der Waals surface area contributed by atoms with Gasteiger partial charge in [0.2, 0.25) is 10.0 Å². The van der Waals surface area contributed by atoms with Crippen molar-refractivity contribution < 1.29 is 27.1 Å². The van der Waals surface area contributed by atoms with Crippen LogP contribution in [-0.4, -0.2) is 45.6 Å². The van der Waals surface area contributed by atoms with Gasteiger partial charge in [-0.05, 0) is 48.4 Å². The van der Waals surface area contributed by atoms with Gasteiger partial charge in [0.15, 0.2) is 5.82 Å². The monoisotopic (exact) mass is 586 g/mol. The number of aryl methyl sites for hydroxylation is 1. The van der Waals surface area contributed by atoms with Gasteiger partial charge in [-0.3, -0.25) is 9.40 Å². The molecule has 0 bridgehead atoms. The molecular weight excluding hydrogens is 566 g/mol. The van der Waals surface area contributed by atoms with E-state index >= 15 is 0 Å². The van der Waals surface area contributed by atoms with Crippen LogP contribution in [0.1, 0.15) is 17.3 Å². The van der Waals surface area contributed by atoms with Crippen molar-refractivity contribution in [2.24, 2.45) is 7.05 Å². The quantitative estimate of drug-likeness (QED) is 0.243. The number of anilines is 1. The Balaban J connectivity index is 1.79. The third-order valence-electron chi connectivity index (χ3n) is 6.06. The van der Waals surface area contributed by atoms with Crippen molar-refractivity contribution in [1.82, 2.24) is 25.1 Å². The third kappa shape index (κ3) is 5.51. The van der Waals surface area contributed by atoms with E-state index in [2.05, 4.69) is 15.1 Å². The first kappa shape index (κ1) is 27.2. The highest BCUT2D eigenvalue weighted by Crippen LogP contribution is 2.39. The molecule has 14 heteroatoms. The molecule has 1 amide bonds. The lowest BCUT2D eigenvalue weighted by Crippen LogP contribution is -2.30. The molecular formula is C26H21ClF2N6O4S. The standard InChI is InChI=1S/C26H21ClF2N6O4S/c1-35-24-16(7-8-17(27)21(24)25(33-35)34-40(2,38)39)22-23(31-19-6-4-3-5-18(19)30-22)20(32-26(36)37)11-13-9-14(28)12-15(29)10-13/h3-10,12,20,32H,11H2,1-2H3,(H,33,34)(H,36,37)/t20-/m0/s1. The minimum Gasteiger partial charge on any atom is -0.465 e. The van der Waals surface area contributed by atoms with Crippen LogP contribution in [0.5, 0.6) is 0 Å². The van der Waals surface area contributed by atoms with Crippen LogP contribution in [0.2, 0.25) is 5.02 Å². The van der Waals surface area contributed by atoms with Crippen molar-refractivity contribution in [1.29, 1.82) is 0 Å². The maximum Gasteiger partial charge on any atom is 0.405 e. The summed E-state index contributed by atoms with van der Waals surface area (Å²) >= 11 is 6.48.